The minimum absolute atomic E-state index is 0.00868. The molecule has 0 fully saturated rings. The van der Waals surface area contributed by atoms with E-state index in [0.29, 0.717) is 16.3 Å². The average molecular weight is 458 g/mol. The van der Waals surface area contributed by atoms with Gasteiger partial charge in [-0.15, -0.1) is 5.06 Å². The van der Waals surface area contributed by atoms with Crippen LogP contribution < -0.4 is 10.6 Å². The summed E-state index contributed by atoms with van der Waals surface area (Å²) in [7, 11) is -3.51. The van der Waals surface area contributed by atoms with E-state index in [0.717, 1.165) is 17.6 Å². The highest BCUT2D eigenvalue weighted by Crippen LogP contribution is 2.18. The summed E-state index contributed by atoms with van der Waals surface area (Å²) in [6.45, 7) is 0. The Morgan fingerprint density at radius 2 is 1.94 bits per heavy atom. The second-order valence-corrected chi connectivity index (χ2v) is 9.04. The molecule has 160 valence electrons. The topological polar surface area (TPSA) is 142 Å². The maximum Gasteiger partial charge on any atom is 0.294 e. The number of carbonyl (C=O) groups is 1. The van der Waals surface area contributed by atoms with Crippen LogP contribution in [0.3, 0.4) is 0 Å². The number of guanidine groups is 1. The monoisotopic (exact) mass is 457 g/mol. The van der Waals surface area contributed by atoms with Crippen molar-refractivity contribution in [2.75, 3.05) is 6.26 Å². The fourth-order valence-corrected chi connectivity index (χ4v) is 3.57. The van der Waals surface area contributed by atoms with Gasteiger partial charge in [0.25, 0.3) is 5.91 Å². The fourth-order valence-electron chi connectivity index (χ4n) is 2.63. The number of nitrogens with one attached hydrogen (secondary N) is 2. The predicted octanol–water partition coefficient (Wildman–Crippen LogP) is 2.10. The zero-order valence-corrected chi connectivity index (χ0v) is 18.0. The highest BCUT2D eigenvalue weighted by atomic mass is 32.2. The van der Waals surface area contributed by atoms with Crippen LogP contribution in [0.5, 0.6) is 5.75 Å². The van der Waals surface area contributed by atoms with Gasteiger partial charge >= 0.3 is 0 Å². The number of nitrogens with two attached hydrogens (primary N) is 1. The molecule has 0 aliphatic heterocycles. The second-order valence-electron chi connectivity index (χ2n) is 6.54. The highest BCUT2D eigenvalue weighted by molar-refractivity contribution is 7.90. The van der Waals surface area contributed by atoms with Crippen LogP contribution in [0, 0.1) is 5.41 Å². The van der Waals surface area contributed by atoms with Gasteiger partial charge in [0.1, 0.15) is 5.82 Å². The summed E-state index contributed by atoms with van der Waals surface area (Å²) in [6.07, 6.45) is 4.87. The third-order valence-corrected chi connectivity index (χ3v) is 5.66. The van der Waals surface area contributed by atoms with Crippen molar-refractivity contribution in [3.8, 4) is 5.75 Å². The van der Waals surface area contributed by atoms with Gasteiger partial charge in [-0.1, -0.05) is 30.4 Å². The first kappa shape index (κ1) is 22.1. The Bertz CT molecular complexity index is 1220. The molecule has 2 aromatic carbocycles. The molecule has 0 atom stereocenters. The quantitative estimate of drug-likeness (QED) is 0.162. The van der Waals surface area contributed by atoms with Gasteiger partial charge in [0.2, 0.25) is 5.96 Å². The number of hydroxylamine groups is 2. The molecule has 4 N–H and O–H groups in total. The molecule has 0 aliphatic rings. The van der Waals surface area contributed by atoms with Gasteiger partial charge < -0.3 is 15.6 Å². The lowest BCUT2D eigenvalue weighted by atomic mass is 10.1. The molecule has 3 rings (SSSR count). The lowest BCUT2D eigenvalue weighted by molar-refractivity contribution is 0.0153. The highest BCUT2D eigenvalue weighted by Gasteiger charge is 2.22. The molecular formula is C20H19N5O4S2. The number of H-pyrrole nitrogens is 1. The molecule has 1 heterocycles. The van der Waals surface area contributed by atoms with E-state index in [2.05, 4.69) is 9.97 Å². The van der Waals surface area contributed by atoms with Gasteiger partial charge in [0, 0.05) is 35.5 Å². The normalized spacial score (nSPS) is 11.0. The van der Waals surface area contributed by atoms with Crippen LogP contribution in [0.1, 0.15) is 21.7 Å². The first-order chi connectivity index (χ1) is 14.6. The number of imidazole rings is 1. The Kier molecular flexibility index (Phi) is 6.47. The molecule has 0 spiro atoms. The first-order valence-electron chi connectivity index (χ1n) is 8.93. The lowest BCUT2D eigenvalue weighted by Gasteiger charge is -2.20. The Balaban J connectivity index is 1.76. The number of sulfone groups is 1. The largest absolute Gasteiger partial charge is 0.369 e. The van der Waals surface area contributed by atoms with Crippen molar-refractivity contribution < 1.29 is 18.0 Å². The summed E-state index contributed by atoms with van der Waals surface area (Å²) in [5.41, 5.74) is 6.30. The summed E-state index contributed by atoms with van der Waals surface area (Å²) < 4.78 is 23.5. The lowest BCUT2D eigenvalue weighted by Crippen LogP contribution is -2.43. The van der Waals surface area contributed by atoms with Crippen LogP contribution in [0.2, 0.25) is 0 Å². The molecule has 9 nitrogen and oxygen atoms in total. The molecular weight excluding hydrogens is 438 g/mol. The fraction of sp³-hybridized carbons (Fsp3) is 0.100. The van der Waals surface area contributed by atoms with E-state index >= 15 is 0 Å². The van der Waals surface area contributed by atoms with Crippen molar-refractivity contribution in [3.63, 3.8) is 0 Å². The van der Waals surface area contributed by atoms with Crippen LogP contribution in [-0.4, -0.2) is 46.4 Å². The Hall–Kier alpha value is -3.57. The zero-order chi connectivity index (χ0) is 22.6. The smallest absolute Gasteiger partial charge is 0.294 e. The third kappa shape index (κ3) is 5.53. The van der Waals surface area contributed by atoms with E-state index in [1.165, 1.54) is 24.3 Å². The van der Waals surface area contributed by atoms with Crippen molar-refractivity contribution in [1.29, 1.82) is 5.41 Å². The second kappa shape index (κ2) is 9.06. The van der Waals surface area contributed by atoms with E-state index in [1.54, 1.807) is 36.7 Å². The number of aromatic amines is 1. The van der Waals surface area contributed by atoms with Crippen LogP contribution in [0.25, 0.3) is 0 Å². The maximum absolute atomic E-state index is 12.8. The van der Waals surface area contributed by atoms with Crippen molar-refractivity contribution in [2.24, 2.45) is 5.73 Å². The molecule has 0 saturated heterocycles. The SMILES string of the molecule is CS(=O)(=O)c1cccc(C(=O)N(Oc2ccc(C(=S)Cc3ncc[nH]3)cc2)C(=N)N)c1. The summed E-state index contributed by atoms with van der Waals surface area (Å²) in [5.74, 6) is -0.454. The minimum atomic E-state index is -3.51. The Morgan fingerprint density at radius 1 is 1.23 bits per heavy atom. The van der Waals surface area contributed by atoms with Crippen molar-refractivity contribution in [2.45, 2.75) is 11.3 Å². The molecule has 0 unspecified atom stereocenters. The number of nitrogens with zero attached hydrogens (tertiary/aromatic N) is 2. The number of benzene rings is 2. The number of hydrogen-bond donors (Lipinski definition) is 3. The minimum Gasteiger partial charge on any atom is -0.369 e. The molecule has 0 aliphatic carbocycles. The molecule has 3 aromatic rings. The summed E-state index contributed by atoms with van der Waals surface area (Å²) in [5, 5.41) is 8.27. The van der Waals surface area contributed by atoms with Crippen molar-refractivity contribution in [1.82, 2.24) is 15.0 Å². The third-order valence-electron chi connectivity index (χ3n) is 4.17. The Morgan fingerprint density at radius 3 is 2.52 bits per heavy atom. The van der Waals surface area contributed by atoms with Gasteiger partial charge in [0.15, 0.2) is 15.6 Å². The summed E-state index contributed by atoms with van der Waals surface area (Å²) in [6, 6.07) is 12.0. The van der Waals surface area contributed by atoms with Gasteiger partial charge in [-0.2, -0.15) is 0 Å². The van der Waals surface area contributed by atoms with Gasteiger partial charge in [-0.25, -0.2) is 13.4 Å². The molecule has 0 radical (unpaired) electrons. The zero-order valence-electron chi connectivity index (χ0n) is 16.4. The van der Waals surface area contributed by atoms with Crippen LogP contribution in [-0.2, 0) is 16.3 Å². The summed E-state index contributed by atoms with van der Waals surface area (Å²) in [4.78, 5) is 26.0. The number of carbonyl (C=O) groups excluding carboxylic acids is 1. The number of rotatable bonds is 7. The number of thiocarbonyl (C=S) groups is 1. The molecule has 1 amide bonds. The molecule has 1 aromatic heterocycles. The van der Waals surface area contributed by atoms with E-state index in [4.69, 9.17) is 28.2 Å². The number of amides is 1. The number of hydrogen-bond acceptors (Lipinski definition) is 7. The molecule has 31 heavy (non-hydrogen) atoms. The molecule has 0 saturated carbocycles. The number of aromatic nitrogens is 2. The Labute approximate surface area is 184 Å². The van der Waals surface area contributed by atoms with Crippen LogP contribution >= 0.6 is 12.2 Å². The van der Waals surface area contributed by atoms with Crippen LogP contribution in [0.15, 0.2) is 65.8 Å². The van der Waals surface area contributed by atoms with E-state index in [1.807, 2.05) is 0 Å². The summed E-state index contributed by atoms with van der Waals surface area (Å²) >= 11 is 5.42. The molecule has 0 bridgehead atoms. The van der Waals surface area contributed by atoms with E-state index in [-0.39, 0.29) is 16.2 Å². The van der Waals surface area contributed by atoms with Crippen molar-refractivity contribution in [3.05, 3.63) is 77.9 Å². The van der Waals surface area contributed by atoms with Crippen LogP contribution in [0.4, 0.5) is 0 Å². The first-order valence-corrected chi connectivity index (χ1v) is 11.2. The molecule has 11 heteroatoms. The predicted molar refractivity (Wildman–Crippen MR) is 119 cm³/mol. The van der Waals surface area contributed by atoms with Gasteiger partial charge in [-0.3, -0.25) is 10.2 Å². The van der Waals surface area contributed by atoms with Gasteiger partial charge in [-0.05, 0) is 35.9 Å². The average Bonchev–Trinajstić information content (AvgIpc) is 3.24. The van der Waals surface area contributed by atoms with E-state index in [9.17, 15) is 13.2 Å². The maximum atomic E-state index is 12.8. The van der Waals surface area contributed by atoms with E-state index < -0.39 is 21.7 Å². The van der Waals surface area contributed by atoms with Gasteiger partial charge in [0.05, 0.1) is 4.90 Å². The standard InChI is InChI=1S/C20H19N5O4S2/c1-31(27,28)16-4-2-3-14(11-16)19(26)25(20(21)22)29-15-7-5-13(6-8-15)17(30)12-18-23-9-10-24-18/h2-11H,12H2,1H3,(H3,21,22)(H,23,24). The van der Waals surface area contributed by atoms with Crippen molar-refractivity contribution >= 4 is 38.8 Å².